The molecule has 1 aliphatic rings. The fourth-order valence-electron chi connectivity index (χ4n) is 2.67. The second-order valence-electron chi connectivity index (χ2n) is 5.19. The first kappa shape index (κ1) is 14.9. The van der Waals surface area contributed by atoms with Crippen molar-refractivity contribution in [1.82, 2.24) is 4.90 Å². The summed E-state index contributed by atoms with van der Waals surface area (Å²) in [4.78, 5) is 36.9. The fraction of sp³-hybridized carbons (Fsp3) is 0.118. The molecule has 1 aliphatic heterocycles. The minimum atomic E-state index is -1.39. The van der Waals surface area contributed by atoms with Crippen molar-refractivity contribution in [1.29, 1.82) is 0 Å². The average Bonchev–Trinajstić information content (AvgIpc) is 2.78. The molecule has 2 aromatic rings. The van der Waals surface area contributed by atoms with E-state index in [0.717, 1.165) is 6.07 Å². The normalized spacial score (nSPS) is 14.7. The largest absolute Gasteiger partial charge is 0.480 e. The van der Waals surface area contributed by atoms with Gasteiger partial charge in [-0.2, -0.15) is 0 Å². The van der Waals surface area contributed by atoms with Crippen LogP contribution in [0.3, 0.4) is 0 Å². The number of halogens is 1. The Morgan fingerprint density at radius 1 is 1.04 bits per heavy atom. The molecule has 1 atom stereocenters. The van der Waals surface area contributed by atoms with Gasteiger partial charge in [-0.1, -0.05) is 36.4 Å². The maximum absolute atomic E-state index is 13.8. The van der Waals surface area contributed by atoms with Crippen LogP contribution in [-0.2, 0) is 11.2 Å². The molecule has 1 heterocycles. The molecule has 0 saturated carbocycles. The SMILES string of the molecule is O=C(O)C(Cc1ccccc1)N1C(=O)c2cccc(F)c2C1=O. The maximum atomic E-state index is 13.8. The number of nitrogens with zero attached hydrogens (tertiary/aromatic N) is 1. The molecule has 3 rings (SSSR count). The molecular weight excluding hydrogens is 301 g/mol. The van der Waals surface area contributed by atoms with E-state index in [1.54, 1.807) is 30.3 Å². The summed E-state index contributed by atoms with van der Waals surface area (Å²) >= 11 is 0. The highest BCUT2D eigenvalue weighted by molar-refractivity contribution is 6.22. The lowest BCUT2D eigenvalue weighted by atomic mass is 10.0. The van der Waals surface area contributed by atoms with Crippen LogP contribution in [0.1, 0.15) is 26.3 Å². The Kier molecular flexibility index (Phi) is 3.65. The molecular formula is C17H12FNO4. The van der Waals surface area contributed by atoms with E-state index in [-0.39, 0.29) is 17.5 Å². The molecule has 116 valence electrons. The van der Waals surface area contributed by atoms with E-state index in [4.69, 9.17) is 0 Å². The van der Waals surface area contributed by atoms with Crippen LogP contribution in [0.2, 0.25) is 0 Å². The standard InChI is InChI=1S/C17H12FNO4/c18-12-8-4-7-11-14(12)16(21)19(15(11)20)13(17(22)23)9-10-5-2-1-3-6-10/h1-8,13H,9H2,(H,22,23). The van der Waals surface area contributed by atoms with Crippen molar-refractivity contribution in [3.8, 4) is 0 Å². The first-order valence-electron chi connectivity index (χ1n) is 6.94. The van der Waals surface area contributed by atoms with Gasteiger partial charge in [-0.05, 0) is 17.7 Å². The van der Waals surface area contributed by atoms with E-state index in [0.29, 0.717) is 10.5 Å². The number of benzene rings is 2. The van der Waals surface area contributed by atoms with Crippen LogP contribution in [-0.4, -0.2) is 33.8 Å². The highest BCUT2D eigenvalue weighted by Gasteiger charge is 2.44. The number of carboxylic acid groups (broad SMARTS) is 1. The van der Waals surface area contributed by atoms with Gasteiger partial charge in [-0.25, -0.2) is 9.18 Å². The predicted octanol–water partition coefficient (Wildman–Crippen LogP) is 2.12. The highest BCUT2D eigenvalue weighted by Crippen LogP contribution is 2.28. The van der Waals surface area contributed by atoms with Crippen molar-refractivity contribution in [2.75, 3.05) is 0 Å². The van der Waals surface area contributed by atoms with E-state index in [9.17, 15) is 23.9 Å². The van der Waals surface area contributed by atoms with Crippen molar-refractivity contribution in [3.05, 3.63) is 71.0 Å². The predicted molar refractivity (Wildman–Crippen MR) is 78.5 cm³/mol. The quantitative estimate of drug-likeness (QED) is 0.877. The third-order valence-corrected chi connectivity index (χ3v) is 3.76. The van der Waals surface area contributed by atoms with E-state index < -0.39 is 29.6 Å². The number of carboxylic acids is 1. The Morgan fingerprint density at radius 2 is 1.74 bits per heavy atom. The summed E-state index contributed by atoms with van der Waals surface area (Å²) in [5.74, 6) is -3.84. The molecule has 0 aliphatic carbocycles. The monoisotopic (exact) mass is 313 g/mol. The van der Waals surface area contributed by atoms with Crippen LogP contribution >= 0.6 is 0 Å². The third-order valence-electron chi connectivity index (χ3n) is 3.76. The third kappa shape index (κ3) is 2.48. The summed E-state index contributed by atoms with van der Waals surface area (Å²) in [5, 5.41) is 9.44. The van der Waals surface area contributed by atoms with Gasteiger partial charge < -0.3 is 5.11 Å². The van der Waals surface area contributed by atoms with Gasteiger partial charge in [-0.15, -0.1) is 0 Å². The van der Waals surface area contributed by atoms with E-state index >= 15 is 0 Å². The maximum Gasteiger partial charge on any atom is 0.327 e. The molecule has 2 amide bonds. The number of imide groups is 1. The Bertz CT molecular complexity index is 803. The highest BCUT2D eigenvalue weighted by atomic mass is 19.1. The van der Waals surface area contributed by atoms with E-state index in [2.05, 4.69) is 0 Å². The van der Waals surface area contributed by atoms with Crippen LogP contribution in [0, 0.1) is 5.82 Å². The van der Waals surface area contributed by atoms with Gasteiger partial charge in [0, 0.05) is 6.42 Å². The topological polar surface area (TPSA) is 74.7 Å². The number of aliphatic carboxylic acids is 1. The van der Waals surface area contributed by atoms with E-state index in [1.807, 2.05) is 0 Å². The number of carbonyl (C=O) groups excluding carboxylic acids is 2. The fourth-order valence-corrected chi connectivity index (χ4v) is 2.67. The number of hydrogen-bond donors (Lipinski definition) is 1. The smallest absolute Gasteiger partial charge is 0.327 e. The van der Waals surface area contributed by atoms with Gasteiger partial charge >= 0.3 is 5.97 Å². The van der Waals surface area contributed by atoms with Crippen molar-refractivity contribution in [2.45, 2.75) is 12.5 Å². The zero-order valence-corrected chi connectivity index (χ0v) is 11.9. The molecule has 1 N–H and O–H groups in total. The summed E-state index contributed by atoms with van der Waals surface area (Å²) in [6.45, 7) is 0. The summed E-state index contributed by atoms with van der Waals surface area (Å²) in [6.07, 6.45) is -0.0384. The molecule has 0 spiro atoms. The summed E-state index contributed by atoms with van der Waals surface area (Å²) < 4.78 is 13.8. The minimum absolute atomic E-state index is 0.0384. The molecule has 2 aromatic carbocycles. The minimum Gasteiger partial charge on any atom is -0.480 e. The number of hydrogen-bond acceptors (Lipinski definition) is 3. The van der Waals surface area contributed by atoms with Gasteiger partial charge in [0.15, 0.2) is 0 Å². The van der Waals surface area contributed by atoms with Gasteiger partial charge in [0.05, 0.1) is 11.1 Å². The van der Waals surface area contributed by atoms with Crippen LogP contribution in [0.5, 0.6) is 0 Å². The van der Waals surface area contributed by atoms with Gasteiger partial charge in [0.25, 0.3) is 11.8 Å². The molecule has 1 unspecified atom stereocenters. The van der Waals surface area contributed by atoms with Gasteiger partial charge in [-0.3, -0.25) is 14.5 Å². The van der Waals surface area contributed by atoms with Crippen molar-refractivity contribution < 1.29 is 23.9 Å². The lowest BCUT2D eigenvalue weighted by Gasteiger charge is -2.22. The lowest BCUT2D eigenvalue weighted by molar-refractivity contribution is -0.141. The van der Waals surface area contributed by atoms with Crippen LogP contribution in [0.15, 0.2) is 48.5 Å². The summed E-state index contributed by atoms with van der Waals surface area (Å²) in [6, 6.07) is 11.0. The number of amides is 2. The molecule has 0 radical (unpaired) electrons. The molecule has 0 aromatic heterocycles. The zero-order chi connectivity index (χ0) is 16.6. The van der Waals surface area contributed by atoms with Crippen LogP contribution in [0.4, 0.5) is 4.39 Å². The summed E-state index contributed by atoms with van der Waals surface area (Å²) in [7, 11) is 0. The molecule has 0 fully saturated rings. The molecule has 23 heavy (non-hydrogen) atoms. The first-order valence-corrected chi connectivity index (χ1v) is 6.94. The van der Waals surface area contributed by atoms with Crippen LogP contribution < -0.4 is 0 Å². The Hall–Kier alpha value is -3.02. The Balaban J connectivity index is 1.99. The lowest BCUT2D eigenvalue weighted by Crippen LogP contribution is -2.46. The second-order valence-corrected chi connectivity index (χ2v) is 5.19. The first-order chi connectivity index (χ1) is 11.0. The zero-order valence-electron chi connectivity index (χ0n) is 11.9. The van der Waals surface area contributed by atoms with Crippen LogP contribution in [0.25, 0.3) is 0 Å². The second kappa shape index (κ2) is 5.64. The average molecular weight is 313 g/mol. The molecule has 6 heteroatoms. The summed E-state index contributed by atoms with van der Waals surface area (Å²) in [5.41, 5.74) is 0.197. The van der Waals surface area contributed by atoms with Crippen molar-refractivity contribution >= 4 is 17.8 Å². The van der Waals surface area contributed by atoms with Crippen molar-refractivity contribution in [2.24, 2.45) is 0 Å². The Labute approximate surface area is 131 Å². The van der Waals surface area contributed by atoms with Crippen molar-refractivity contribution in [3.63, 3.8) is 0 Å². The number of carbonyl (C=O) groups is 3. The molecule has 0 bridgehead atoms. The number of fused-ring (bicyclic) bond motifs is 1. The van der Waals surface area contributed by atoms with E-state index in [1.165, 1.54) is 12.1 Å². The van der Waals surface area contributed by atoms with Gasteiger partial charge in [0.1, 0.15) is 11.9 Å². The Morgan fingerprint density at radius 3 is 2.35 bits per heavy atom. The van der Waals surface area contributed by atoms with Gasteiger partial charge in [0.2, 0.25) is 0 Å². The molecule has 0 saturated heterocycles. The number of rotatable bonds is 4. The molecule has 5 nitrogen and oxygen atoms in total.